The number of rotatable bonds is 1. The van der Waals surface area contributed by atoms with E-state index in [-0.39, 0.29) is 6.54 Å². The van der Waals surface area contributed by atoms with Gasteiger partial charge in [-0.25, -0.2) is 0 Å². The van der Waals surface area contributed by atoms with Gasteiger partial charge in [-0.3, -0.25) is 4.79 Å². The van der Waals surface area contributed by atoms with Crippen molar-refractivity contribution in [2.45, 2.75) is 52.9 Å². The summed E-state index contributed by atoms with van der Waals surface area (Å²) in [5.41, 5.74) is 4.57. The molecule has 1 saturated carbocycles. The minimum Gasteiger partial charge on any atom is -0.480 e. The van der Waals surface area contributed by atoms with Crippen molar-refractivity contribution in [3.8, 4) is 0 Å². The molecular weight excluding hydrogens is 178 g/mol. The monoisotopic (exact) mass is 203 g/mol. The third-order valence-corrected chi connectivity index (χ3v) is 2.07. The van der Waals surface area contributed by atoms with E-state index in [9.17, 15) is 4.79 Å². The van der Waals surface area contributed by atoms with Crippen molar-refractivity contribution >= 4 is 5.97 Å². The molecule has 0 aromatic heterocycles. The fraction of sp³-hybridized carbons (Fsp3) is 0.909. The number of nitrogens with two attached hydrogens (primary N) is 1. The predicted octanol–water partition coefficient (Wildman–Crippen LogP) is 2.64. The van der Waals surface area contributed by atoms with Gasteiger partial charge in [0, 0.05) is 0 Å². The summed E-state index contributed by atoms with van der Waals surface area (Å²) in [7, 11) is 0. The van der Waals surface area contributed by atoms with Gasteiger partial charge < -0.3 is 10.8 Å². The zero-order valence-electron chi connectivity index (χ0n) is 9.75. The van der Waals surface area contributed by atoms with E-state index < -0.39 is 5.97 Å². The highest BCUT2D eigenvalue weighted by molar-refractivity contribution is 5.68. The minimum atomic E-state index is -0.968. The van der Waals surface area contributed by atoms with Crippen LogP contribution < -0.4 is 5.73 Å². The van der Waals surface area contributed by atoms with Crippen molar-refractivity contribution in [2.75, 3.05) is 6.54 Å². The van der Waals surface area contributed by atoms with Gasteiger partial charge in [-0.1, -0.05) is 52.9 Å². The van der Waals surface area contributed by atoms with Crippen LogP contribution in [0.3, 0.4) is 0 Å². The molecule has 0 amide bonds. The Labute approximate surface area is 87.7 Å². The molecule has 1 rings (SSSR count). The summed E-state index contributed by atoms with van der Waals surface area (Å²) >= 11 is 0. The van der Waals surface area contributed by atoms with Gasteiger partial charge in [0.25, 0.3) is 0 Å². The standard InChI is InChI=1S/C7H14.C2H5NO2.C2H6/c1-7-5-3-2-4-6-7;3-1-2(4)5;1-2/h7H,2-6H2,1H3;1,3H2,(H,4,5);1-2H3. The molecule has 0 aliphatic heterocycles. The molecule has 0 saturated heterocycles. The van der Waals surface area contributed by atoms with Gasteiger partial charge in [-0.05, 0) is 5.92 Å². The van der Waals surface area contributed by atoms with Crippen LogP contribution >= 0.6 is 0 Å². The lowest BCUT2D eigenvalue weighted by molar-refractivity contribution is -0.135. The highest BCUT2D eigenvalue weighted by Gasteiger charge is 2.05. The SMILES string of the molecule is CC.CC1CCCCC1.NCC(=O)O. The summed E-state index contributed by atoms with van der Waals surface area (Å²) in [4.78, 5) is 9.24. The summed E-state index contributed by atoms with van der Waals surface area (Å²) in [6.45, 7) is 6.08. The highest BCUT2D eigenvalue weighted by atomic mass is 16.4. The molecule has 86 valence electrons. The molecule has 0 bridgehead atoms. The fourth-order valence-corrected chi connectivity index (χ4v) is 1.31. The topological polar surface area (TPSA) is 63.3 Å². The predicted molar refractivity (Wildman–Crippen MR) is 60.3 cm³/mol. The zero-order valence-corrected chi connectivity index (χ0v) is 9.75. The Bertz CT molecular complexity index is 120. The van der Waals surface area contributed by atoms with Crippen molar-refractivity contribution in [2.24, 2.45) is 11.7 Å². The second kappa shape index (κ2) is 12.4. The number of aliphatic carboxylic acids is 1. The number of carbonyl (C=O) groups is 1. The van der Waals surface area contributed by atoms with Crippen LogP contribution in [-0.2, 0) is 4.79 Å². The molecule has 3 N–H and O–H groups in total. The minimum absolute atomic E-state index is 0.278. The molecule has 3 nitrogen and oxygen atoms in total. The van der Waals surface area contributed by atoms with Gasteiger partial charge in [0.1, 0.15) is 0 Å². The van der Waals surface area contributed by atoms with Crippen molar-refractivity contribution in [1.29, 1.82) is 0 Å². The molecule has 0 heterocycles. The molecule has 0 atom stereocenters. The number of hydrogen-bond donors (Lipinski definition) is 2. The Morgan fingerprint density at radius 3 is 1.79 bits per heavy atom. The second-order valence-corrected chi connectivity index (χ2v) is 3.34. The molecule has 3 heteroatoms. The maximum atomic E-state index is 9.24. The van der Waals surface area contributed by atoms with E-state index in [1.165, 1.54) is 32.1 Å². The molecule has 1 aliphatic carbocycles. The third-order valence-electron chi connectivity index (χ3n) is 2.07. The number of hydrogen-bond acceptors (Lipinski definition) is 2. The van der Waals surface area contributed by atoms with Crippen LogP contribution in [0.4, 0.5) is 0 Å². The van der Waals surface area contributed by atoms with E-state index >= 15 is 0 Å². The summed E-state index contributed by atoms with van der Waals surface area (Å²) in [5.74, 6) is 0.0683. The normalized spacial score (nSPS) is 15.7. The lowest BCUT2D eigenvalue weighted by Gasteiger charge is -2.15. The fourth-order valence-electron chi connectivity index (χ4n) is 1.31. The third kappa shape index (κ3) is 14.0. The largest absolute Gasteiger partial charge is 0.480 e. The maximum absolute atomic E-state index is 9.24. The first-order valence-electron chi connectivity index (χ1n) is 5.58. The van der Waals surface area contributed by atoms with Gasteiger partial charge in [0.05, 0.1) is 6.54 Å². The van der Waals surface area contributed by atoms with Gasteiger partial charge in [-0.15, -0.1) is 0 Å². The molecular formula is C11H25NO2. The average Bonchev–Trinajstić information content (AvgIpc) is 2.23. The summed E-state index contributed by atoms with van der Waals surface area (Å²) in [6.07, 6.45) is 7.44. The van der Waals surface area contributed by atoms with Crippen LogP contribution in [0, 0.1) is 5.92 Å². The summed E-state index contributed by atoms with van der Waals surface area (Å²) in [6, 6.07) is 0. The van der Waals surface area contributed by atoms with Crippen molar-refractivity contribution in [1.82, 2.24) is 0 Å². The van der Waals surface area contributed by atoms with Crippen molar-refractivity contribution in [3.63, 3.8) is 0 Å². The second-order valence-electron chi connectivity index (χ2n) is 3.34. The first kappa shape index (κ1) is 15.9. The van der Waals surface area contributed by atoms with Gasteiger partial charge >= 0.3 is 5.97 Å². The van der Waals surface area contributed by atoms with E-state index in [1.807, 2.05) is 13.8 Å². The summed E-state index contributed by atoms with van der Waals surface area (Å²) in [5, 5.41) is 7.60. The Morgan fingerprint density at radius 2 is 1.64 bits per heavy atom. The first-order valence-corrected chi connectivity index (χ1v) is 5.58. The van der Waals surface area contributed by atoms with Crippen LogP contribution in [0.2, 0.25) is 0 Å². The lowest BCUT2D eigenvalue weighted by Crippen LogP contribution is -2.10. The van der Waals surface area contributed by atoms with Crippen molar-refractivity contribution < 1.29 is 9.90 Å². The van der Waals surface area contributed by atoms with Gasteiger partial charge in [0.15, 0.2) is 0 Å². The molecule has 0 spiro atoms. The van der Waals surface area contributed by atoms with E-state index in [2.05, 4.69) is 12.7 Å². The van der Waals surface area contributed by atoms with Crippen LogP contribution in [-0.4, -0.2) is 17.6 Å². The van der Waals surface area contributed by atoms with E-state index in [0.717, 1.165) is 5.92 Å². The maximum Gasteiger partial charge on any atom is 0.317 e. The quantitative estimate of drug-likeness (QED) is 0.688. The smallest absolute Gasteiger partial charge is 0.317 e. The van der Waals surface area contributed by atoms with Gasteiger partial charge in [0.2, 0.25) is 0 Å². The molecule has 0 aromatic carbocycles. The Hall–Kier alpha value is -0.570. The molecule has 1 aliphatic rings. The number of carboxylic acid groups (broad SMARTS) is 1. The van der Waals surface area contributed by atoms with Crippen molar-refractivity contribution in [3.05, 3.63) is 0 Å². The van der Waals surface area contributed by atoms with E-state index in [1.54, 1.807) is 0 Å². The van der Waals surface area contributed by atoms with Crippen LogP contribution in [0.15, 0.2) is 0 Å². The Morgan fingerprint density at radius 1 is 1.29 bits per heavy atom. The molecule has 14 heavy (non-hydrogen) atoms. The molecule has 0 radical (unpaired) electrons. The zero-order chi connectivity index (χ0) is 11.4. The first-order chi connectivity index (χ1) is 6.66. The molecule has 0 aromatic rings. The van der Waals surface area contributed by atoms with Crippen LogP contribution in [0.1, 0.15) is 52.9 Å². The molecule has 1 fully saturated rings. The Kier molecular flexibility index (Phi) is 14.1. The molecule has 0 unspecified atom stereocenters. The van der Waals surface area contributed by atoms with E-state index in [0.29, 0.717) is 0 Å². The Balaban J connectivity index is 0. The number of carboxylic acids is 1. The van der Waals surface area contributed by atoms with Gasteiger partial charge in [-0.2, -0.15) is 0 Å². The van der Waals surface area contributed by atoms with Crippen LogP contribution in [0.25, 0.3) is 0 Å². The van der Waals surface area contributed by atoms with Crippen LogP contribution in [0.5, 0.6) is 0 Å². The average molecular weight is 203 g/mol. The highest BCUT2D eigenvalue weighted by Crippen LogP contribution is 2.21. The van der Waals surface area contributed by atoms with E-state index in [4.69, 9.17) is 5.11 Å². The summed E-state index contributed by atoms with van der Waals surface area (Å²) < 4.78 is 0. The lowest BCUT2D eigenvalue weighted by atomic mass is 9.91.